The molecule has 0 saturated carbocycles. The monoisotopic (exact) mass is 326 g/mol. The standard InChI is InChI=1S/C15H26N4O2S/c1-18-6-8-19(9-7-18)13(14-4-3-11-22-14)12-17-15(20)16-5-10-21-2/h3-4,11,13H,5-10,12H2,1-2H3,(H2,16,17,20)/t13-/m1/s1. The second kappa shape index (κ2) is 9.09. The van der Waals surface area contributed by atoms with Gasteiger partial charge in [0, 0.05) is 51.3 Å². The third kappa shape index (κ3) is 5.24. The van der Waals surface area contributed by atoms with Crippen LogP contribution in [-0.2, 0) is 4.74 Å². The molecule has 2 rings (SSSR count). The van der Waals surface area contributed by atoms with Gasteiger partial charge in [0.2, 0.25) is 0 Å². The molecular weight excluding hydrogens is 300 g/mol. The number of amides is 2. The van der Waals surface area contributed by atoms with Gasteiger partial charge < -0.3 is 20.3 Å². The first-order chi connectivity index (χ1) is 10.7. The summed E-state index contributed by atoms with van der Waals surface area (Å²) in [6.07, 6.45) is 0. The van der Waals surface area contributed by atoms with Crippen molar-refractivity contribution < 1.29 is 9.53 Å². The molecule has 1 aliphatic heterocycles. The van der Waals surface area contributed by atoms with Crippen molar-refractivity contribution in [1.82, 2.24) is 20.4 Å². The Hall–Kier alpha value is -1.15. The predicted molar refractivity (Wildman–Crippen MR) is 89.4 cm³/mol. The van der Waals surface area contributed by atoms with Gasteiger partial charge in [0.25, 0.3) is 0 Å². The lowest BCUT2D eigenvalue weighted by atomic mass is 10.1. The van der Waals surface area contributed by atoms with E-state index in [0.717, 1.165) is 26.2 Å². The van der Waals surface area contributed by atoms with Crippen LogP contribution < -0.4 is 10.6 Å². The van der Waals surface area contributed by atoms with Gasteiger partial charge in [0.15, 0.2) is 0 Å². The van der Waals surface area contributed by atoms with Gasteiger partial charge in [-0.05, 0) is 18.5 Å². The summed E-state index contributed by atoms with van der Waals surface area (Å²) in [6.45, 7) is 5.89. The molecule has 2 heterocycles. The van der Waals surface area contributed by atoms with E-state index in [-0.39, 0.29) is 12.1 Å². The highest BCUT2D eigenvalue weighted by Crippen LogP contribution is 2.25. The van der Waals surface area contributed by atoms with Crippen LogP contribution in [0, 0.1) is 0 Å². The van der Waals surface area contributed by atoms with Crippen molar-refractivity contribution in [2.24, 2.45) is 0 Å². The maximum absolute atomic E-state index is 11.8. The number of urea groups is 1. The smallest absolute Gasteiger partial charge is 0.314 e. The third-order valence-corrected chi connectivity index (χ3v) is 4.87. The number of methoxy groups -OCH3 is 1. The number of carbonyl (C=O) groups excluding carboxylic acids is 1. The summed E-state index contributed by atoms with van der Waals surface area (Å²) in [5.41, 5.74) is 0. The Labute approximate surface area is 136 Å². The van der Waals surface area contributed by atoms with E-state index in [9.17, 15) is 4.79 Å². The van der Waals surface area contributed by atoms with Gasteiger partial charge in [-0.15, -0.1) is 11.3 Å². The lowest BCUT2D eigenvalue weighted by Crippen LogP contribution is -2.49. The van der Waals surface area contributed by atoms with Crippen LogP contribution in [0.1, 0.15) is 10.9 Å². The zero-order chi connectivity index (χ0) is 15.8. The first kappa shape index (κ1) is 17.2. The average Bonchev–Trinajstić information content (AvgIpc) is 3.04. The van der Waals surface area contributed by atoms with Gasteiger partial charge in [-0.3, -0.25) is 4.90 Å². The van der Waals surface area contributed by atoms with Crippen LogP contribution in [0.3, 0.4) is 0 Å². The number of hydrogen-bond donors (Lipinski definition) is 2. The van der Waals surface area contributed by atoms with Crippen molar-refractivity contribution in [2.45, 2.75) is 6.04 Å². The molecular formula is C15H26N4O2S. The van der Waals surface area contributed by atoms with E-state index in [2.05, 4.69) is 45.0 Å². The van der Waals surface area contributed by atoms with Gasteiger partial charge in [-0.25, -0.2) is 4.79 Å². The van der Waals surface area contributed by atoms with Crippen LogP contribution in [0.4, 0.5) is 4.79 Å². The first-order valence-electron chi connectivity index (χ1n) is 7.67. The molecule has 2 N–H and O–H groups in total. The molecule has 0 aromatic carbocycles. The van der Waals surface area contributed by atoms with Crippen LogP contribution in [-0.4, -0.2) is 75.9 Å². The van der Waals surface area contributed by atoms with E-state index < -0.39 is 0 Å². The Morgan fingerprint density at radius 2 is 2.14 bits per heavy atom. The summed E-state index contributed by atoms with van der Waals surface area (Å²) in [4.78, 5) is 17.9. The molecule has 1 atom stereocenters. The van der Waals surface area contributed by atoms with Gasteiger partial charge in [-0.1, -0.05) is 6.07 Å². The molecule has 1 aliphatic rings. The second-order valence-electron chi connectivity index (χ2n) is 5.50. The lowest BCUT2D eigenvalue weighted by molar-refractivity contribution is 0.112. The molecule has 1 aromatic heterocycles. The quantitative estimate of drug-likeness (QED) is 0.734. The number of nitrogens with one attached hydrogen (secondary N) is 2. The fourth-order valence-corrected chi connectivity index (χ4v) is 3.40. The number of hydrogen-bond acceptors (Lipinski definition) is 5. The highest BCUT2D eigenvalue weighted by atomic mass is 32.1. The van der Waals surface area contributed by atoms with Crippen LogP contribution in [0.25, 0.3) is 0 Å². The minimum atomic E-state index is -0.132. The molecule has 0 bridgehead atoms. The molecule has 6 nitrogen and oxygen atoms in total. The summed E-state index contributed by atoms with van der Waals surface area (Å²) in [5, 5.41) is 7.87. The summed E-state index contributed by atoms with van der Waals surface area (Å²) >= 11 is 1.75. The molecule has 0 aliphatic carbocycles. The van der Waals surface area contributed by atoms with Gasteiger partial charge >= 0.3 is 6.03 Å². The third-order valence-electron chi connectivity index (χ3n) is 3.90. The van der Waals surface area contributed by atoms with Crippen molar-refractivity contribution in [3.8, 4) is 0 Å². The highest BCUT2D eigenvalue weighted by molar-refractivity contribution is 7.10. The number of nitrogens with zero attached hydrogens (tertiary/aromatic N) is 2. The van der Waals surface area contributed by atoms with E-state index in [1.54, 1.807) is 18.4 Å². The molecule has 0 spiro atoms. The number of carbonyl (C=O) groups is 1. The van der Waals surface area contributed by atoms with E-state index in [1.165, 1.54) is 4.88 Å². The molecule has 1 aromatic rings. The number of thiophene rings is 1. The molecule has 2 amide bonds. The number of likely N-dealkylation sites (N-methyl/N-ethyl adjacent to an activating group) is 1. The minimum Gasteiger partial charge on any atom is -0.383 e. The maximum Gasteiger partial charge on any atom is 0.314 e. The van der Waals surface area contributed by atoms with E-state index in [4.69, 9.17) is 4.74 Å². The van der Waals surface area contributed by atoms with Crippen LogP contribution in [0.15, 0.2) is 17.5 Å². The Balaban J connectivity index is 1.87. The molecule has 124 valence electrons. The lowest BCUT2D eigenvalue weighted by Gasteiger charge is -2.37. The molecule has 1 saturated heterocycles. The van der Waals surface area contributed by atoms with Crippen molar-refractivity contribution in [1.29, 1.82) is 0 Å². The molecule has 7 heteroatoms. The first-order valence-corrected chi connectivity index (χ1v) is 8.55. The van der Waals surface area contributed by atoms with Crippen molar-refractivity contribution in [2.75, 3.05) is 60.0 Å². The Morgan fingerprint density at radius 1 is 1.36 bits per heavy atom. The topological polar surface area (TPSA) is 56.8 Å². The van der Waals surface area contributed by atoms with Crippen LogP contribution in [0.5, 0.6) is 0 Å². The summed E-state index contributed by atoms with van der Waals surface area (Å²) in [5.74, 6) is 0. The Morgan fingerprint density at radius 3 is 2.77 bits per heavy atom. The largest absolute Gasteiger partial charge is 0.383 e. The predicted octanol–water partition coefficient (Wildman–Crippen LogP) is 0.982. The molecule has 1 fully saturated rings. The number of ether oxygens (including phenoxy) is 1. The molecule has 0 radical (unpaired) electrons. The molecule has 22 heavy (non-hydrogen) atoms. The van der Waals surface area contributed by atoms with Gasteiger partial charge in [0.1, 0.15) is 0 Å². The normalized spacial score (nSPS) is 18.1. The maximum atomic E-state index is 11.8. The minimum absolute atomic E-state index is 0.132. The Kier molecular flexibility index (Phi) is 7.11. The van der Waals surface area contributed by atoms with Crippen molar-refractivity contribution in [3.05, 3.63) is 22.4 Å². The van der Waals surface area contributed by atoms with Crippen LogP contribution >= 0.6 is 11.3 Å². The average molecular weight is 326 g/mol. The van der Waals surface area contributed by atoms with Crippen molar-refractivity contribution in [3.63, 3.8) is 0 Å². The summed E-state index contributed by atoms with van der Waals surface area (Å²) < 4.78 is 4.93. The number of piperazine rings is 1. The van der Waals surface area contributed by atoms with Crippen LogP contribution in [0.2, 0.25) is 0 Å². The fraction of sp³-hybridized carbons (Fsp3) is 0.667. The van der Waals surface area contributed by atoms with Crippen molar-refractivity contribution >= 4 is 17.4 Å². The SMILES string of the molecule is COCCNC(=O)NC[C@H](c1cccs1)N1CCN(C)CC1. The van der Waals surface area contributed by atoms with Gasteiger partial charge in [0.05, 0.1) is 12.6 Å². The second-order valence-corrected chi connectivity index (χ2v) is 6.48. The Bertz CT molecular complexity index is 433. The molecule has 0 unspecified atom stereocenters. The fourth-order valence-electron chi connectivity index (χ4n) is 2.54. The summed E-state index contributed by atoms with van der Waals surface area (Å²) in [6, 6.07) is 4.34. The zero-order valence-electron chi connectivity index (χ0n) is 13.4. The zero-order valence-corrected chi connectivity index (χ0v) is 14.2. The van der Waals surface area contributed by atoms with E-state index >= 15 is 0 Å². The van der Waals surface area contributed by atoms with E-state index in [0.29, 0.717) is 19.7 Å². The van der Waals surface area contributed by atoms with Gasteiger partial charge in [-0.2, -0.15) is 0 Å². The van der Waals surface area contributed by atoms with E-state index in [1.807, 2.05) is 0 Å². The number of rotatable bonds is 7. The summed E-state index contributed by atoms with van der Waals surface area (Å²) in [7, 11) is 3.78. The highest BCUT2D eigenvalue weighted by Gasteiger charge is 2.24.